The molecule has 0 aliphatic rings. The Kier molecular flexibility index (Phi) is 7.46. The molecule has 16 heavy (non-hydrogen) atoms. The van der Waals surface area contributed by atoms with Gasteiger partial charge in [0.25, 0.3) is 0 Å². The zero-order chi connectivity index (χ0) is 12.6. The predicted octanol–water partition coefficient (Wildman–Crippen LogP) is -0.269. The minimum Gasteiger partial charge on any atom is -0.368 e. The van der Waals surface area contributed by atoms with E-state index in [4.69, 9.17) is 5.73 Å². The smallest absolute Gasteiger partial charge is 0.239 e. The van der Waals surface area contributed by atoms with E-state index in [1.54, 1.807) is 0 Å². The highest BCUT2D eigenvalue weighted by Gasteiger charge is 2.15. The average molecular weight is 247 g/mol. The summed E-state index contributed by atoms with van der Waals surface area (Å²) in [4.78, 5) is 32.2. The fraction of sp³-hybridized carbons (Fsp3) is 0.667. The first-order valence-corrected chi connectivity index (χ1v) is 5.61. The summed E-state index contributed by atoms with van der Waals surface area (Å²) in [6, 6.07) is -0.621. The van der Waals surface area contributed by atoms with Crippen LogP contribution in [0.5, 0.6) is 0 Å². The van der Waals surface area contributed by atoms with E-state index in [2.05, 4.69) is 10.6 Å². The second kappa shape index (κ2) is 8.05. The summed E-state index contributed by atoms with van der Waals surface area (Å²) in [6.07, 6.45) is 1.93. The van der Waals surface area contributed by atoms with E-state index in [9.17, 15) is 14.4 Å². The van der Waals surface area contributed by atoms with Crippen LogP contribution in [0.2, 0.25) is 0 Å². The summed E-state index contributed by atoms with van der Waals surface area (Å²) in [6.45, 7) is 1.89. The number of unbranched alkanes of at least 4 members (excludes halogenated alkanes) is 1. The molecule has 0 radical (unpaired) electrons. The Labute approximate surface area is 96.9 Å². The van der Waals surface area contributed by atoms with Gasteiger partial charge in [-0.2, -0.15) is 0 Å². The fourth-order valence-electron chi connectivity index (χ4n) is 1.22. The molecule has 0 saturated carbocycles. The van der Waals surface area contributed by atoms with Crippen LogP contribution in [0.1, 0.15) is 26.2 Å². The van der Waals surface area contributed by atoms with Crippen LogP contribution in [0.3, 0.4) is 0 Å². The third-order valence-corrected chi connectivity index (χ3v) is 2.14. The molecule has 0 spiro atoms. The highest BCUT2D eigenvalue weighted by Crippen LogP contribution is 2.00. The van der Waals surface area contributed by atoms with Crippen molar-refractivity contribution in [2.24, 2.45) is 5.73 Å². The lowest BCUT2D eigenvalue weighted by atomic mass is 10.1. The van der Waals surface area contributed by atoms with E-state index in [-0.39, 0.29) is 11.6 Å². The normalized spacial score (nSPS) is 11.6. The topological polar surface area (TPSA) is 101 Å². The quantitative estimate of drug-likeness (QED) is 0.426. The highest BCUT2D eigenvalue weighted by molar-refractivity contribution is 7.39. The van der Waals surface area contributed by atoms with Crippen LogP contribution in [0.15, 0.2) is 0 Å². The van der Waals surface area contributed by atoms with Crippen LogP contribution in [-0.4, -0.2) is 30.0 Å². The van der Waals surface area contributed by atoms with Gasteiger partial charge in [0.05, 0.1) is 0 Å². The van der Waals surface area contributed by atoms with Crippen molar-refractivity contribution < 1.29 is 14.4 Å². The number of carbonyl (C=O) groups is 3. The van der Waals surface area contributed by atoms with E-state index in [0.717, 1.165) is 6.42 Å². The van der Waals surface area contributed by atoms with Crippen LogP contribution in [0.25, 0.3) is 0 Å². The van der Waals surface area contributed by atoms with Crippen molar-refractivity contribution in [3.63, 3.8) is 0 Å². The number of hydrogen-bond donors (Lipinski definition) is 3. The summed E-state index contributed by atoms with van der Waals surface area (Å²) in [7, 11) is 2.02. The largest absolute Gasteiger partial charge is 0.368 e. The van der Waals surface area contributed by atoms with Crippen molar-refractivity contribution in [1.82, 2.24) is 10.6 Å². The van der Waals surface area contributed by atoms with Gasteiger partial charge in [0.1, 0.15) is 6.04 Å². The molecule has 0 aliphatic carbocycles. The summed E-state index contributed by atoms with van der Waals surface area (Å²) in [5.74, 6) is -0.813. The molecule has 0 aromatic rings. The Bertz CT molecular complexity index is 271. The number of amides is 3. The zero-order valence-electron chi connectivity index (χ0n) is 9.29. The van der Waals surface area contributed by atoms with Crippen molar-refractivity contribution in [2.45, 2.75) is 32.2 Å². The van der Waals surface area contributed by atoms with Crippen LogP contribution >= 0.6 is 9.24 Å². The average Bonchev–Trinajstić information content (AvgIpc) is 2.14. The second-order valence-electron chi connectivity index (χ2n) is 3.44. The summed E-state index contributed by atoms with van der Waals surface area (Å²) < 4.78 is 0. The first-order chi connectivity index (χ1) is 7.43. The van der Waals surface area contributed by atoms with Crippen molar-refractivity contribution in [2.75, 3.05) is 6.54 Å². The van der Waals surface area contributed by atoms with Gasteiger partial charge in [0, 0.05) is 13.5 Å². The maximum Gasteiger partial charge on any atom is 0.239 e. The van der Waals surface area contributed by atoms with Crippen LogP contribution in [0.4, 0.5) is 4.79 Å². The maximum atomic E-state index is 10.9. The lowest BCUT2D eigenvalue weighted by molar-refractivity contribution is -0.126. The molecule has 92 valence electrons. The van der Waals surface area contributed by atoms with Gasteiger partial charge < -0.3 is 16.4 Å². The third-order valence-electron chi connectivity index (χ3n) is 1.94. The van der Waals surface area contributed by atoms with E-state index in [1.807, 2.05) is 9.24 Å². The Hall–Kier alpha value is -1.16. The maximum absolute atomic E-state index is 10.9. The Morgan fingerprint density at radius 3 is 2.38 bits per heavy atom. The number of hydrogen-bond acceptors (Lipinski definition) is 3. The molecular weight excluding hydrogens is 229 g/mol. The number of rotatable bonds is 7. The third kappa shape index (κ3) is 8.17. The number of nitrogens with two attached hydrogens (primary N) is 1. The molecule has 0 fully saturated rings. The second-order valence-corrected chi connectivity index (χ2v) is 3.97. The van der Waals surface area contributed by atoms with Gasteiger partial charge in [0.15, 0.2) is 0 Å². The summed E-state index contributed by atoms with van der Waals surface area (Å²) in [5, 5.41) is 5.08. The van der Waals surface area contributed by atoms with Crippen LogP contribution in [0, 0.1) is 0 Å². The Morgan fingerprint density at radius 1 is 1.31 bits per heavy atom. The minimum absolute atomic E-state index is 0.159. The van der Waals surface area contributed by atoms with Gasteiger partial charge >= 0.3 is 0 Å². The predicted molar refractivity (Wildman–Crippen MR) is 63.8 cm³/mol. The van der Waals surface area contributed by atoms with Gasteiger partial charge in [-0.1, -0.05) is 0 Å². The summed E-state index contributed by atoms with van der Waals surface area (Å²) >= 11 is 0. The SMILES string of the molecule is CC(=O)N[C@H](CCCCNC(=O)P)C(N)=O. The molecule has 0 heterocycles. The summed E-state index contributed by atoms with van der Waals surface area (Å²) in [5.41, 5.74) is 4.96. The number of primary amides is 1. The van der Waals surface area contributed by atoms with Crippen molar-refractivity contribution in [3.05, 3.63) is 0 Å². The Balaban J connectivity index is 3.72. The highest BCUT2D eigenvalue weighted by atomic mass is 31.0. The lowest BCUT2D eigenvalue weighted by Gasteiger charge is -2.13. The molecule has 0 aromatic carbocycles. The molecule has 6 nitrogen and oxygen atoms in total. The van der Waals surface area contributed by atoms with Gasteiger partial charge in [-0.3, -0.25) is 14.4 Å². The first-order valence-electron chi connectivity index (χ1n) is 5.03. The van der Waals surface area contributed by atoms with E-state index >= 15 is 0 Å². The van der Waals surface area contributed by atoms with Gasteiger partial charge in [-0.25, -0.2) is 0 Å². The van der Waals surface area contributed by atoms with Crippen LogP contribution in [-0.2, 0) is 9.59 Å². The monoisotopic (exact) mass is 247 g/mol. The first kappa shape index (κ1) is 14.8. The van der Waals surface area contributed by atoms with Crippen LogP contribution < -0.4 is 16.4 Å². The standard InChI is InChI=1S/C9H18N3O3P/c1-6(13)12-7(8(10)14)4-2-3-5-11-9(15)16/h7H,2-5,16H2,1H3,(H2,10,14)(H,11,15)(H,12,13)/t7-/m1/s1. The molecule has 0 bridgehead atoms. The molecule has 0 saturated heterocycles. The molecule has 0 rings (SSSR count). The lowest BCUT2D eigenvalue weighted by Crippen LogP contribution is -2.43. The zero-order valence-corrected chi connectivity index (χ0v) is 10.4. The molecule has 1 unspecified atom stereocenters. The Morgan fingerprint density at radius 2 is 1.94 bits per heavy atom. The van der Waals surface area contributed by atoms with Crippen molar-refractivity contribution in [3.8, 4) is 0 Å². The minimum atomic E-state index is -0.621. The van der Waals surface area contributed by atoms with Gasteiger partial charge in [0.2, 0.25) is 17.5 Å². The van der Waals surface area contributed by atoms with E-state index in [0.29, 0.717) is 19.4 Å². The van der Waals surface area contributed by atoms with Gasteiger partial charge in [-0.05, 0) is 28.5 Å². The van der Waals surface area contributed by atoms with Crippen molar-refractivity contribution >= 4 is 26.7 Å². The molecule has 0 aliphatic heterocycles. The fourth-order valence-corrected chi connectivity index (χ4v) is 1.36. The molecule has 7 heteroatoms. The van der Waals surface area contributed by atoms with Crippen molar-refractivity contribution in [1.29, 1.82) is 0 Å². The molecule has 0 aromatic heterocycles. The number of carbonyl (C=O) groups excluding carboxylic acids is 3. The van der Waals surface area contributed by atoms with E-state index in [1.165, 1.54) is 6.92 Å². The van der Waals surface area contributed by atoms with Gasteiger partial charge in [-0.15, -0.1) is 0 Å². The molecule has 2 atom stereocenters. The number of nitrogens with one attached hydrogen (secondary N) is 2. The molecule has 4 N–H and O–H groups in total. The van der Waals surface area contributed by atoms with E-state index < -0.39 is 11.9 Å². The molecule has 3 amide bonds. The molecular formula is C9H18N3O3P.